The van der Waals surface area contributed by atoms with Gasteiger partial charge in [0.1, 0.15) is 13.3 Å². The van der Waals surface area contributed by atoms with Crippen molar-refractivity contribution in [3.63, 3.8) is 0 Å². The summed E-state index contributed by atoms with van der Waals surface area (Å²) >= 11 is 1.27. The van der Waals surface area contributed by atoms with Crippen LogP contribution in [0, 0.1) is 10.1 Å². The minimum Gasteiger partial charge on any atom is -0.493 e. The van der Waals surface area contributed by atoms with Crippen LogP contribution in [0.2, 0.25) is 0 Å². The van der Waals surface area contributed by atoms with Crippen molar-refractivity contribution in [3.8, 4) is 11.5 Å². The third-order valence-electron chi connectivity index (χ3n) is 4.69. The van der Waals surface area contributed by atoms with Gasteiger partial charge in [-0.3, -0.25) is 19.5 Å². The summed E-state index contributed by atoms with van der Waals surface area (Å²) in [5.74, 6) is 1.22. The van der Waals surface area contributed by atoms with Crippen LogP contribution >= 0.6 is 11.3 Å². The van der Waals surface area contributed by atoms with Crippen LogP contribution in [0.4, 0.5) is 11.4 Å². The third kappa shape index (κ3) is 3.64. The molecule has 2 heterocycles. The summed E-state index contributed by atoms with van der Waals surface area (Å²) in [7, 11) is 3.14. The molecule has 10 heteroatoms. The van der Waals surface area contributed by atoms with E-state index < -0.39 is 4.92 Å². The van der Waals surface area contributed by atoms with Crippen molar-refractivity contribution in [2.75, 3.05) is 25.8 Å². The molecule has 0 saturated carbocycles. The molecular weight excluding hydrogens is 408 g/mol. The zero-order chi connectivity index (χ0) is 21.3. The van der Waals surface area contributed by atoms with E-state index in [1.54, 1.807) is 37.0 Å². The number of rotatable bonds is 5. The van der Waals surface area contributed by atoms with Crippen molar-refractivity contribution in [3.05, 3.63) is 77.8 Å². The molecule has 0 unspecified atom stereocenters. The fourth-order valence-corrected chi connectivity index (χ4v) is 4.14. The molecule has 0 spiro atoms. The molecule has 0 N–H and O–H groups in total. The molecule has 30 heavy (non-hydrogen) atoms. The van der Waals surface area contributed by atoms with Gasteiger partial charge in [0.25, 0.3) is 11.2 Å². The van der Waals surface area contributed by atoms with Gasteiger partial charge >= 0.3 is 0 Å². The molecule has 1 aliphatic heterocycles. The molecule has 0 atom stereocenters. The van der Waals surface area contributed by atoms with Crippen molar-refractivity contribution in [2.45, 2.75) is 6.67 Å². The topological polar surface area (TPSA) is 99.2 Å². The summed E-state index contributed by atoms with van der Waals surface area (Å²) in [6.07, 6.45) is 1.65. The molecular formula is C20H18N4O5S. The van der Waals surface area contributed by atoms with E-state index in [4.69, 9.17) is 9.47 Å². The predicted molar refractivity (Wildman–Crippen MR) is 113 cm³/mol. The Bertz CT molecular complexity index is 1300. The molecule has 154 valence electrons. The number of nitro groups is 1. The molecule has 0 fully saturated rings. The smallest absolute Gasteiger partial charge is 0.271 e. The van der Waals surface area contributed by atoms with Crippen LogP contribution < -0.4 is 29.3 Å². The van der Waals surface area contributed by atoms with E-state index in [1.807, 2.05) is 23.1 Å². The number of fused-ring (bicyclic) bond motifs is 1. The molecule has 9 nitrogen and oxygen atoms in total. The SMILES string of the molecule is COc1ccc(N2CN=c3sc(=Cc4cccc([N+](=O)[O-])c4)c(=O)n3C2)cc1OC. The van der Waals surface area contributed by atoms with E-state index in [1.165, 1.54) is 23.5 Å². The summed E-state index contributed by atoms with van der Waals surface area (Å²) in [5, 5.41) is 11.0. The van der Waals surface area contributed by atoms with Crippen molar-refractivity contribution < 1.29 is 14.4 Å². The predicted octanol–water partition coefficient (Wildman–Crippen LogP) is 1.72. The van der Waals surface area contributed by atoms with E-state index in [0.717, 1.165) is 5.69 Å². The van der Waals surface area contributed by atoms with Gasteiger partial charge in [0.05, 0.1) is 23.7 Å². The maximum atomic E-state index is 12.9. The molecule has 4 rings (SSSR count). The van der Waals surface area contributed by atoms with E-state index in [2.05, 4.69) is 4.99 Å². The number of hydrogen-bond donors (Lipinski definition) is 0. The highest BCUT2D eigenvalue weighted by atomic mass is 32.1. The Morgan fingerprint density at radius 1 is 1.17 bits per heavy atom. The van der Waals surface area contributed by atoms with Gasteiger partial charge < -0.3 is 14.4 Å². The first-order valence-electron chi connectivity index (χ1n) is 8.97. The van der Waals surface area contributed by atoms with Gasteiger partial charge in [0, 0.05) is 23.9 Å². The van der Waals surface area contributed by atoms with Gasteiger partial charge in [-0.2, -0.15) is 0 Å². The van der Waals surface area contributed by atoms with Gasteiger partial charge in [-0.15, -0.1) is 0 Å². The molecule has 2 aromatic carbocycles. The third-order valence-corrected chi connectivity index (χ3v) is 5.73. The Labute approximate surface area is 174 Å². The molecule has 0 amide bonds. The van der Waals surface area contributed by atoms with Crippen LogP contribution in [0.1, 0.15) is 5.56 Å². The lowest BCUT2D eigenvalue weighted by atomic mass is 10.2. The first kappa shape index (κ1) is 19.6. The average molecular weight is 426 g/mol. The Kier molecular flexibility index (Phi) is 5.23. The first-order chi connectivity index (χ1) is 14.5. The van der Waals surface area contributed by atoms with Crippen LogP contribution in [0.15, 0.2) is 52.3 Å². The molecule has 0 aliphatic carbocycles. The number of benzene rings is 2. The molecule has 0 saturated heterocycles. The molecule has 0 bridgehead atoms. The second-order valence-corrected chi connectivity index (χ2v) is 7.51. The summed E-state index contributed by atoms with van der Waals surface area (Å²) in [6.45, 7) is 0.734. The van der Waals surface area contributed by atoms with Gasteiger partial charge in [-0.1, -0.05) is 23.5 Å². The van der Waals surface area contributed by atoms with Crippen molar-refractivity contribution in [1.29, 1.82) is 0 Å². The van der Waals surface area contributed by atoms with Crippen molar-refractivity contribution >= 4 is 28.8 Å². The summed E-state index contributed by atoms with van der Waals surface area (Å²) < 4.78 is 12.7. The Balaban J connectivity index is 1.68. The van der Waals surface area contributed by atoms with E-state index >= 15 is 0 Å². The zero-order valence-electron chi connectivity index (χ0n) is 16.3. The van der Waals surface area contributed by atoms with Gasteiger partial charge in [0.15, 0.2) is 16.3 Å². The van der Waals surface area contributed by atoms with E-state index in [0.29, 0.717) is 39.7 Å². The molecule has 1 aromatic heterocycles. The fraction of sp³-hybridized carbons (Fsp3) is 0.200. The molecule has 3 aromatic rings. The normalized spacial score (nSPS) is 13.5. The van der Waals surface area contributed by atoms with Gasteiger partial charge in [-0.25, -0.2) is 4.99 Å². The van der Waals surface area contributed by atoms with Crippen molar-refractivity contribution in [1.82, 2.24) is 4.57 Å². The number of methoxy groups -OCH3 is 2. The van der Waals surface area contributed by atoms with Crippen LogP contribution in [0.3, 0.4) is 0 Å². The largest absolute Gasteiger partial charge is 0.493 e. The number of non-ortho nitro benzene ring substituents is 1. The van der Waals surface area contributed by atoms with Gasteiger partial charge in [0.2, 0.25) is 0 Å². The molecule has 0 radical (unpaired) electrons. The Morgan fingerprint density at radius 3 is 2.70 bits per heavy atom. The lowest BCUT2D eigenvalue weighted by Crippen LogP contribution is -2.42. The second kappa shape index (κ2) is 7.99. The standard InChI is InChI=1S/C20H18N4O5S/c1-28-16-7-6-14(10-17(16)29-2)22-11-21-20-23(12-22)19(25)18(30-20)9-13-4-3-5-15(8-13)24(26)27/h3-10H,11-12H2,1-2H3. The van der Waals surface area contributed by atoms with E-state index in [9.17, 15) is 14.9 Å². The fourth-order valence-electron chi connectivity index (χ4n) is 3.18. The summed E-state index contributed by atoms with van der Waals surface area (Å²) in [4.78, 5) is 30.5. The Hall–Kier alpha value is -3.66. The number of aromatic nitrogens is 1. The summed E-state index contributed by atoms with van der Waals surface area (Å²) in [5.41, 5.74) is 1.24. The average Bonchev–Trinajstić information content (AvgIpc) is 3.08. The van der Waals surface area contributed by atoms with Crippen LogP contribution in [0.25, 0.3) is 6.08 Å². The minimum absolute atomic E-state index is 0.0190. The first-order valence-corrected chi connectivity index (χ1v) is 9.79. The maximum absolute atomic E-state index is 12.9. The van der Waals surface area contributed by atoms with Gasteiger partial charge in [-0.05, 0) is 23.8 Å². The number of anilines is 1. The number of thiazole rings is 1. The van der Waals surface area contributed by atoms with Crippen LogP contribution in [0.5, 0.6) is 11.5 Å². The number of hydrogen-bond acceptors (Lipinski definition) is 8. The van der Waals surface area contributed by atoms with E-state index in [-0.39, 0.29) is 11.2 Å². The highest BCUT2D eigenvalue weighted by Gasteiger charge is 2.17. The highest BCUT2D eigenvalue weighted by Crippen LogP contribution is 2.31. The highest BCUT2D eigenvalue weighted by molar-refractivity contribution is 7.07. The molecule has 1 aliphatic rings. The number of nitro benzene ring substituents is 1. The maximum Gasteiger partial charge on any atom is 0.271 e. The van der Waals surface area contributed by atoms with Crippen LogP contribution in [-0.4, -0.2) is 30.4 Å². The summed E-state index contributed by atoms with van der Waals surface area (Å²) in [6, 6.07) is 11.7. The monoisotopic (exact) mass is 426 g/mol. The van der Waals surface area contributed by atoms with Crippen molar-refractivity contribution in [2.24, 2.45) is 4.99 Å². The lowest BCUT2D eigenvalue weighted by Gasteiger charge is -2.26. The zero-order valence-corrected chi connectivity index (χ0v) is 17.1. The quantitative estimate of drug-likeness (QED) is 0.455. The number of ether oxygens (including phenoxy) is 2. The minimum atomic E-state index is -0.458. The number of nitrogens with zero attached hydrogens (tertiary/aromatic N) is 4. The Morgan fingerprint density at radius 2 is 1.97 bits per heavy atom. The van der Waals surface area contributed by atoms with Crippen LogP contribution in [-0.2, 0) is 6.67 Å². The second-order valence-electron chi connectivity index (χ2n) is 6.50. The lowest BCUT2D eigenvalue weighted by molar-refractivity contribution is -0.384.